The highest BCUT2D eigenvalue weighted by Gasteiger charge is 2.31. The molecule has 1 amide bonds. The molecule has 42 heavy (non-hydrogen) atoms. The zero-order valence-corrected chi connectivity index (χ0v) is 22.5. The minimum atomic E-state index is -1.38. The first kappa shape index (κ1) is 27.0. The number of carbonyl (C=O) groups excluding carboxylic acids is 1. The first-order valence-electron chi connectivity index (χ1n) is 13.4. The highest BCUT2D eigenvalue weighted by Crippen LogP contribution is 2.44. The van der Waals surface area contributed by atoms with E-state index in [1.807, 2.05) is 54.6 Å². The molecule has 0 bridgehead atoms. The number of para-hydroxylation sites is 1. The molecule has 212 valence electrons. The van der Waals surface area contributed by atoms with Crippen LogP contribution in [0.5, 0.6) is 11.6 Å². The fourth-order valence-electron chi connectivity index (χ4n) is 5.62. The van der Waals surface area contributed by atoms with E-state index in [1.54, 1.807) is 29.8 Å². The standard InChI is InChI=1S/C33H26F2N2O5/c1-37-29-13-7-6-12-24(29)25(31(37)42-30-15-14-19(34)16-27(30)35)17-28(32(38)39)36-33(40)41-18-26-22-10-4-2-8-20(22)21-9-3-5-11-23(21)26/h2-16,26,28H,17-18H2,1H3,(H,36,40)(H,38,39). The number of benzene rings is 4. The van der Waals surface area contributed by atoms with Crippen molar-refractivity contribution >= 4 is 23.0 Å². The SMILES string of the molecule is Cn1c(Oc2ccc(F)cc2F)c(CC(NC(=O)OCC2c3ccccc3-c3ccccc32)C(=O)O)c2ccccc21. The van der Waals surface area contributed by atoms with Crippen LogP contribution in [0.3, 0.4) is 0 Å². The van der Waals surface area contributed by atoms with E-state index in [0.717, 1.165) is 34.4 Å². The van der Waals surface area contributed by atoms with Crippen molar-refractivity contribution in [3.8, 4) is 22.8 Å². The minimum Gasteiger partial charge on any atom is -0.480 e. The predicted molar refractivity (Wildman–Crippen MR) is 153 cm³/mol. The summed E-state index contributed by atoms with van der Waals surface area (Å²) in [6.07, 6.45) is -1.06. The number of carbonyl (C=O) groups is 2. The fourth-order valence-corrected chi connectivity index (χ4v) is 5.62. The summed E-state index contributed by atoms with van der Waals surface area (Å²) in [6.45, 7) is 0.0265. The van der Waals surface area contributed by atoms with Crippen molar-refractivity contribution < 1.29 is 33.0 Å². The molecule has 1 heterocycles. The Kier molecular flexibility index (Phi) is 7.08. The van der Waals surface area contributed by atoms with E-state index >= 15 is 0 Å². The summed E-state index contributed by atoms with van der Waals surface area (Å²) in [5.74, 6) is -3.18. The maximum absolute atomic E-state index is 14.5. The minimum absolute atomic E-state index is 0.0265. The second-order valence-corrected chi connectivity index (χ2v) is 10.1. The lowest BCUT2D eigenvalue weighted by Gasteiger charge is -2.18. The Morgan fingerprint density at radius 1 is 0.929 bits per heavy atom. The van der Waals surface area contributed by atoms with Crippen molar-refractivity contribution in [3.05, 3.63) is 119 Å². The van der Waals surface area contributed by atoms with Crippen LogP contribution in [-0.2, 0) is 23.0 Å². The van der Waals surface area contributed by atoms with Crippen LogP contribution in [0.2, 0.25) is 0 Å². The molecule has 9 heteroatoms. The summed E-state index contributed by atoms with van der Waals surface area (Å²) in [5, 5.41) is 13.2. The number of aryl methyl sites for hydroxylation is 1. The molecule has 0 saturated heterocycles. The highest BCUT2D eigenvalue weighted by molar-refractivity contribution is 5.89. The Balaban J connectivity index is 1.23. The molecular formula is C33H26F2N2O5. The Hall–Kier alpha value is -5.18. The van der Waals surface area contributed by atoms with Crippen LogP contribution in [0.25, 0.3) is 22.0 Å². The molecule has 0 aliphatic heterocycles. The van der Waals surface area contributed by atoms with Gasteiger partial charge in [-0.2, -0.15) is 0 Å². The van der Waals surface area contributed by atoms with Gasteiger partial charge in [0.05, 0.1) is 5.52 Å². The summed E-state index contributed by atoms with van der Waals surface area (Å²) < 4.78 is 41.0. The van der Waals surface area contributed by atoms with Crippen LogP contribution in [0.15, 0.2) is 91.0 Å². The van der Waals surface area contributed by atoms with Gasteiger partial charge in [0.2, 0.25) is 5.88 Å². The number of hydrogen-bond donors (Lipinski definition) is 2. The molecule has 7 nitrogen and oxygen atoms in total. The van der Waals surface area contributed by atoms with Crippen LogP contribution in [-0.4, -0.2) is 34.4 Å². The first-order valence-corrected chi connectivity index (χ1v) is 13.4. The van der Waals surface area contributed by atoms with Crippen LogP contribution >= 0.6 is 0 Å². The Morgan fingerprint density at radius 3 is 2.24 bits per heavy atom. The van der Waals surface area contributed by atoms with Gasteiger partial charge in [0.15, 0.2) is 11.6 Å². The maximum Gasteiger partial charge on any atom is 0.407 e. The molecule has 0 fully saturated rings. The number of aliphatic carboxylic acids is 1. The van der Waals surface area contributed by atoms with Gasteiger partial charge in [-0.3, -0.25) is 0 Å². The number of fused-ring (bicyclic) bond motifs is 4. The van der Waals surface area contributed by atoms with E-state index in [1.165, 1.54) is 0 Å². The third-order valence-electron chi connectivity index (χ3n) is 7.60. The quantitative estimate of drug-likeness (QED) is 0.215. The summed E-state index contributed by atoms with van der Waals surface area (Å²) in [5.41, 5.74) is 5.36. The van der Waals surface area contributed by atoms with Crippen molar-refractivity contribution in [1.82, 2.24) is 9.88 Å². The molecule has 5 aromatic rings. The van der Waals surface area contributed by atoms with Crippen LogP contribution in [0, 0.1) is 11.6 Å². The van der Waals surface area contributed by atoms with Gasteiger partial charge in [-0.15, -0.1) is 0 Å². The normalized spacial score (nSPS) is 12.9. The average molecular weight is 569 g/mol. The van der Waals surface area contributed by atoms with E-state index in [4.69, 9.17) is 9.47 Å². The average Bonchev–Trinajstić information content (AvgIpc) is 3.44. The monoisotopic (exact) mass is 568 g/mol. The zero-order valence-electron chi connectivity index (χ0n) is 22.5. The molecule has 0 radical (unpaired) electrons. The molecule has 1 aliphatic carbocycles. The van der Waals surface area contributed by atoms with Crippen molar-refractivity contribution in [2.75, 3.05) is 6.61 Å². The molecule has 1 unspecified atom stereocenters. The lowest BCUT2D eigenvalue weighted by atomic mass is 9.98. The Bertz CT molecular complexity index is 1790. The lowest BCUT2D eigenvalue weighted by molar-refractivity contribution is -0.139. The van der Waals surface area contributed by atoms with Gasteiger partial charge in [-0.1, -0.05) is 66.7 Å². The second-order valence-electron chi connectivity index (χ2n) is 10.1. The second kappa shape index (κ2) is 11.0. The third kappa shape index (κ3) is 4.94. The van der Waals surface area contributed by atoms with Gasteiger partial charge >= 0.3 is 12.1 Å². The molecule has 4 aromatic carbocycles. The number of nitrogens with zero attached hydrogens (tertiary/aromatic N) is 1. The van der Waals surface area contributed by atoms with Gasteiger partial charge in [-0.05, 0) is 40.5 Å². The third-order valence-corrected chi connectivity index (χ3v) is 7.60. The number of alkyl carbamates (subject to hydrolysis) is 1. The number of carboxylic acids is 1. The Labute approximate surface area is 239 Å². The zero-order chi connectivity index (χ0) is 29.4. The molecule has 1 aliphatic rings. The van der Waals surface area contributed by atoms with Gasteiger partial charge in [0.1, 0.15) is 18.5 Å². The molecule has 2 N–H and O–H groups in total. The van der Waals surface area contributed by atoms with Gasteiger partial charge in [0, 0.05) is 36.4 Å². The topological polar surface area (TPSA) is 89.8 Å². The fraction of sp³-hybridized carbons (Fsp3) is 0.152. The van der Waals surface area contributed by atoms with Gasteiger partial charge in [0.25, 0.3) is 0 Å². The summed E-state index contributed by atoms with van der Waals surface area (Å²) in [6, 6.07) is 24.5. The number of nitrogens with one attached hydrogen (secondary N) is 1. The number of halogens is 2. The van der Waals surface area contributed by atoms with E-state index in [9.17, 15) is 23.5 Å². The number of rotatable bonds is 8. The smallest absolute Gasteiger partial charge is 0.407 e. The molecule has 1 atom stereocenters. The lowest BCUT2D eigenvalue weighted by Crippen LogP contribution is -2.43. The number of aromatic nitrogens is 1. The Morgan fingerprint density at radius 2 is 1.57 bits per heavy atom. The summed E-state index contributed by atoms with van der Waals surface area (Å²) in [4.78, 5) is 25.2. The number of amides is 1. The van der Waals surface area contributed by atoms with Crippen LogP contribution in [0.4, 0.5) is 13.6 Å². The van der Waals surface area contributed by atoms with Gasteiger partial charge < -0.3 is 24.5 Å². The van der Waals surface area contributed by atoms with E-state index in [-0.39, 0.29) is 30.6 Å². The molecule has 1 aromatic heterocycles. The largest absolute Gasteiger partial charge is 0.480 e. The first-order chi connectivity index (χ1) is 20.3. The molecule has 0 spiro atoms. The maximum atomic E-state index is 14.5. The van der Waals surface area contributed by atoms with Crippen molar-refractivity contribution in [2.45, 2.75) is 18.4 Å². The number of hydrogen-bond acceptors (Lipinski definition) is 4. The molecule has 0 saturated carbocycles. The van der Waals surface area contributed by atoms with Crippen molar-refractivity contribution in [3.63, 3.8) is 0 Å². The van der Waals surface area contributed by atoms with E-state index in [2.05, 4.69) is 5.32 Å². The van der Waals surface area contributed by atoms with E-state index < -0.39 is 29.7 Å². The summed E-state index contributed by atoms with van der Waals surface area (Å²) in [7, 11) is 1.69. The van der Waals surface area contributed by atoms with E-state index in [0.29, 0.717) is 22.5 Å². The summed E-state index contributed by atoms with van der Waals surface area (Å²) >= 11 is 0. The highest BCUT2D eigenvalue weighted by atomic mass is 19.1. The number of carboxylic acid groups (broad SMARTS) is 1. The van der Waals surface area contributed by atoms with Crippen molar-refractivity contribution in [2.24, 2.45) is 7.05 Å². The van der Waals surface area contributed by atoms with Crippen molar-refractivity contribution in [1.29, 1.82) is 0 Å². The molecule has 6 rings (SSSR count). The molecular weight excluding hydrogens is 542 g/mol. The van der Waals surface area contributed by atoms with Gasteiger partial charge in [-0.25, -0.2) is 18.4 Å². The predicted octanol–water partition coefficient (Wildman–Crippen LogP) is 6.78. The van der Waals surface area contributed by atoms with Crippen LogP contribution in [0.1, 0.15) is 22.6 Å². The van der Waals surface area contributed by atoms with Crippen LogP contribution < -0.4 is 10.1 Å². The number of ether oxygens (including phenoxy) is 2.